The van der Waals surface area contributed by atoms with Gasteiger partial charge >= 0.3 is 11.9 Å². The normalized spacial score (nSPS) is 37.2. The number of nitrogens with two attached hydrogens (primary N) is 2. The van der Waals surface area contributed by atoms with Gasteiger partial charge in [0, 0.05) is 11.4 Å². The summed E-state index contributed by atoms with van der Waals surface area (Å²) in [5.74, 6) is 3.79. The fourth-order valence-electron chi connectivity index (χ4n) is 10.4. The van der Waals surface area contributed by atoms with Crippen molar-refractivity contribution in [2.45, 2.75) is 111 Å². The van der Waals surface area contributed by atoms with Crippen LogP contribution in [0.3, 0.4) is 0 Å². The van der Waals surface area contributed by atoms with Crippen LogP contribution in [0.1, 0.15) is 122 Å². The van der Waals surface area contributed by atoms with E-state index in [1.165, 1.54) is 76.3 Å². The van der Waals surface area contributed by atoms with E-state index in [0.29, 0.717) is 28.1 Å². The molecule has 5 rings (SSSR count). The molecule has 1 aromatic rings. The topological polar surface area (TPSA) is 95.4 Å². The average Bonchev–Trinajstić information content (AvgIpc) is 3.25. The van der Waals surface area contributed by atoms with E-state index in [0.717, 1.165) is 48.9 Å². The maximum absolute atomic E-state index is 12.6. The molecule has 0 aliphatic heterocycles. The number of nitrogen functional groups attached to an aromatic ring is 2. The third-order valence-electron chi connectivity index (χ3n) is 12.4. The molecule has 4 aliphatic rings. The smallest absolute Gasteiger partial charge is 0.345 e. The lowest BCUT2D eigenvalue weighted by Gasteiger charge is -2.61. The molecule has 4 N–H and O–H groups in total. The molecule has 0 bridgehead atoms. The Morgan fingerprint density at radius 2 is 1.59 bits per heavy atom. The summed E-state index contributed by atoms with van der Waals surface area (Å²) in [6.07, 6.45) is 17.4. The monoisotopic (exact) mass is 536 g/mol. The van der Waals surface area contributed by atoms with Gasteiger partial charge in [0.2, 0.25) is 0 Å². The van der Waals surface area contributed by atoms with Crippen LogP contribution < -0.4 is 11.5 Å². The first kappa shape index (κ1) is 28.5. The highest BCUT2D eigenvalue weighted by atomic mass is 16.6. The van der Waals surface area contributed by atoms with Crippen LogP contribution in [0.25, 0.3) is 0 Å². The zero-order valence-electron chi connectivity index (χ0n) is 24.8. The Kier molecular flexibility index (Phi) is 8.10. The van der Waals surface area contributed by atoms with Crippen molar-refractivity contribution < 1.29 is 14.3 Å². The first-order valence-corrected chi connectivity index (χ1v) is 15.9. The van der Waals surface area contributed by atoms with E-state index >= 15 is 0 Å². The molecule has 0 radical (unpaired) electrons. The van der Waals surface area contributed by atoms with Gasteiger partial charge in [-0.2, -0.15) is 0 Å². The summed E-state index contributed by atoms with van der Waals surface area (Å²) in [6, 6.07) is 4.55. The summed E-state index contributed by atoms with van der Waals surface area (Å²) >= 11 is 0. The Morgan fingerprint density at radius 3 is 2.33 bits per heavy atom. The Bertz CT molecular complexity index is 1050. The molecule has 0 spiro atoms. The number of fused-ring (bicyclic) bond motifs is 5. The van der Waals surface area contributed by atoms with Gasteiger partial charge in [-0.15, -0.1) is 0 Å². The van der Waals surface area contributed by atoms with Crippen LogP contribution in [-0.4, -0.2) is 11.9 Å². The molecule has 0 amide bonds. The third-order valence-corrected chi connectivity index (χ3v) is 12.4. The molecule has 4 saturated carbocycles. The third kappa shape index (κ3) is 5.36. The molecular weight excluding hydrogens is 484 g/mol. The van der Waals surface area contributed by atoms with Crippen molar-refractivity contribution in [1.82, 2.24) is 0 Å². The van der Waals surface area contributed by atoms with Crippen molar-refractivity contribution >= 4 is 23.3 Å². The van der Waals surface area contributed by atoms with E-state index in [-0.39, 0.29) is 11.5 Å². The van der Waals surface area contributed by atoms with E-state index in [9.17, 15) is 9.59 Å². The Morgan fingerprint density at radius 1 is 0.872 bits per heavy atom. The molecule has 0 heterocycles. The first-order chi connectivity index (χ1) is 18.5. The molecule has 5 heteroatoms. The predicted octanol–water partition coefficient (Wildman–Crippen LogP) is 8.03. The SMILES string of the molecule is CC(CCC[C@@H](C)[C@H]1CC[C@H]2[C@@H]3CCC4CCCC[C@]4(C)[C@H]3CC[C@]12C)C(=O)OC(=O)c1cc(N)cc(N)c1. The highest BCUT2D eigenvalue weighted by Crippen LogP contribution is 2.68. The van der Waals surface area contributed by atoms with Gasteiger partial charge in [-0.3, -0.25) is 4.79 Å². The number of carbonyl (C=O) groups excluding carboxylic acids is 2. The van der Waals surface area contributed by atoms with E-state index in [1.807, 2.05) is 6.92 Å². The van der Waals surface area contributed by atoms with Gasteiger partial charge in [-0.05, 0) is 122 Å². The Hall–Kier alpha value is -2.04. The van der Waals surface area contributed by atoms with Gasteiger partial charge in [0.1, 0.15) is 0 Å². The Labute approximate surface area is 236 Å². The average molecular weight is 537 g/mol. The van der Waals surface area contributed by atoms with E-state index < -0.39 is 11.9 Å². The van der Waals surface area contributed by atoms with Gasteiger partial charge in [0.15, 0.2) is 0 Å². The van der Waals surface area contributed by atoms with Crippen molar-refractivity contribution in [1.29, 1.82) is 0 Å². The van der Waals surface area contributed by atoms with Gasteiger partial charge in [0.05, 0.1) is 11.5 Å². The fourth-order valence-corrected chi connectivity index (χ4v) is 10.4. The highest BCUT2D eigenvalue weighted by molar-refractivity contribution is 5.98. The molecule has 1 aromatic carbocycles. The highest BCUT2D eigenvalue weighted by Gasteiger charge is 2.60. The lowest BCUT2D eigenvalue weighted by molar-refractivity contribution is -0.142. The van der Waals surface area contributed by atoms with Gasteiger partial charge < -0.3 is 16.2 Å². The molecule has 2 unspecified atom stereocenters. The van der Waals surface area contributed by atoms with Gasteiger partial charge in [0.25, 0.3) is 0 Å². The summed E-state index contributed by atoms with van der Waals surface area (Å²) in [5.41, 5.74) is 13.6. The Balaban J connectivity index is 1.13. The van der Waals surface area contributed by atoms with Crippen molar-refractivity contribution in [2.75, 3.05) is 11.5 Å². The molecule has 39 heavy (non-hydrogen) atoms. The fraction of sp³-hybridized carbons (Fsp3) is 0.765. The minimum absolute atomic E-state index is 0.214. The van der Waals surface area contributed by atoms with Crippen LogP contribution in [0.15, 0.2) is 18.2 Å². The van der Waals surface area contributed by atoms with Crippen LogP contribution in [0.5, 0.6) is 0 Å². The molecule has 0 aromatic heterocycles. The lowest BCUT2D eigenvalue weighted by Crippen LogP contribution is -2.53. The number of anilines is 2. The van der Waals surface area contributed by atoms with Crippen LogP contribution in [-0.2, 0) is 9.53 Å². The zero-order chi connectivity index (χ0) is 27.9. The number of ether oxygens (including phenoxy) is 1. The summed E-state index contributed by atoms with van der Waals surface area (Å²) in [5, 5.41) is 0. The minimum atomic E-state index is -0.684. The molecule has 9 atom stereocenters. The number of hydrogen-bond acceptors (Lipinski definition) is 5. The lowest BCUT2D eigenvalue weighted by atomic mass is 9.44. The maximum Gasteiger partial charge on any atom is 0.345 e. The minimum Gasteiger partial charge on any atom is -0.399 e. The van der Waals surface area contributed by atoms with Crippen molar-refractivity contribution in [3.05, 3.63) is 23.8 Å². The van der Waals surface area contributed by atoms with Crippen LogP contribution in [0, 0.1) is 52.3 Å². The molecule has 4 aliphatic carbocycles. The molecule has 0 saturated heterocycles. The molecular formula is C34H52N2O3. The predicted molar refractivity (Wildman–Crippen MR) is 158 cm³/mol. The van der Waals surface area contributed by atoms with Gasteiger partial charge in [-0.25, -0.2) is 4.79 Å². The molecule has 4 fully saturated rings. The van der Waals surface area contributed by atoms with Crippen molar-refractivity contribution in [3.8, 4) is 0 Å². The van der Waals surface area contributed by atoms with Crippen molar-refractivity contribution in [2.24, 2.45) is 52.3 Å². The zero-order valence-corrected chi connectivity index (χ0v) is 24.8. The van der Waals surface area contributed by atoms with E-state index in [1.54, 1.807) is 6.07 Å². The number of benzene rings is 1. The number of hydrogen-bond donors (Lipinski definition) is 2. The van der Waals surface area contributed by atoms with Crippen molar-refractivity contribution in [3.63, 3.8) is 0 Å². The summed E-state index contributed by atoms with van der Waals surface area (Å²) in [6.45, 7) is 9.65. The number of rotatable bonds is 7. The van der Waals surface area contributed by atoms with E-state index in [4.69, 9.17) is 16.2 Å². The second-order valence-corrected chi connectivity index (χ2v) is 14.5. The van der Waals surface area contributed by atoms with Crippen LogP contribution in [0.4, 0.5) is 11.4 Å². The van der Waals surface area contributed by atoms with Crippen LogP contribution >= 0.6 is 0 Å². The molecule has 5 nitrogen and oxygen atoms in total. The maximum atomic E-state index is 12.6. The first-order valence-electron chi connectivity index (χ1n) is 15.9. The number of carbonyl (C=O) groups is 2. The quantitative estimate of drug-likeness (QED) is 0.209. The largest absolute Gasteiger partial charge is 0.399 e. The summed E-state index contributed by atoms with van der Waals surface area (Å²) in [7, 11) is 0. The van der Waals surface area contributed by atoms with Gasteiger partial charge in [-0.1, -0.05) is 53.4 Å². The van der Waals surface area contributed by atoms with E-state index in [2.05, 4.69) is 20.8 Å². The second kappa shape index (κ2) is 11.1. The standard InChI is InChI=1S/C34H52N2O3/c1-21(8-7-9-22(2)31(37)39-32(38)23-18-25(35)20-26(36)19-23)28-13-14-29-27-12-11-24-10-5-6-16-33(24,3)30(27)15-17-34(28,29)4/h18-22,24,27-30H,5-17,35-36H2,1-4H3/t21-,22?,24?,27+,28-,29+,30+,33+,34-/m1/s1. The second-order valence-electron chi connectivity index (χ2n) is 14.5. The van der Waals surface area contributed by atoms with Crippen LogP contribution in [0.2, 0.25) is 0 Å². The summed E-state index contributed by atoms with van der Waals surface area (Å²) in [4.78, 5) is 25.1. The summed E-state index contributed by atoms with van der Waals surface area (Å²) < 4.78 is 5.16. The molecule has 216 valence electrons. The number of esters is 2.